The van der Waals surface area contributed by atoms with Crippen LogP contribution in [0.3, 0.4) is 0 Å². The van der Waals surface area contributed by atoms with E-state index in [1.165, 1.54) is 29.3 Å². The Bertz CT molecular complexity index is 1240. The smallest absolute Gasteiger partial charge is 0.300 e. The Morgan fingerprint density at radius 1 is 1.13 bits per heavy atom. The fraction of sp³-hybridized carbons (Fsp3) is 0.125. The van der Waals surface area contributed by atoms with E-state index in [0.717, 1.165) is 0 Å². The zero-order valence-corrected chi connectivity index (χ0v) is 17.5. The number of carbonyl (C=O) groups excluding carboxylic acids is 2. The summed E-state index contributed by atoms with van der Waals surface area (Å²) in [6, 6.07) is 11.6. The van der Waals surface area contributed by atoms with Crippen LogP contribution < -0.4 is 4.90 Å². The molecule has 1 aromatic heterocycles. The fourth-order valence-corrected chi connectivity index (χ4v) is 3.91. The van der Waals surface area contributed by atoms with Crippen LogP contribution in [0, 0.1) is 19.7 Å². The number of anilines is 1. The maximum atomic E-state index is 13.7. The predicted octanol–water partition coefficient (Wildman–Crippen LogP) is 5.12. The van der Waals surface area contributed by atoms with Crippen molar-refractivity contribution in [3.63, 3.8) is 0 Å². The summed E-state index contributed by atoms with van der Waals surface area (Å²) in [6.45, 7) is 3.30. The first-order chi connectivity index (χ1) is 14.8. The third-order valence-corrected chi connectivity index (χ3v) is 5.78. The first-order valence-corrected chi connectivity index (χ1v) is 9.91. The minimum Gasteiger partial charge on any atom is -0.507 e. The van der Waals surface area contributed by atoms with Gasteiger partial charge in [-0.15, -0.1) is 0 Å². The molecule has 1 saturated heterocycles. The van der Waals surface area contributed by atoms with Gasteiger partial charge in [-0.1, -0.05) is 23.7 Å². The molecule has 1 fully saturated rings. The van der Waals surface area contributed by atoms with Crippen molar-refractivity contribution in [1.29, 1.82) is 0 Å². The van der Waals surface area contributed by atoms with E-state index >= 15 is 0 Å². The molecule has 1 aliphatic rings. The predicted molar refractivity (Wildman–Crippen MR) is 116 cm³/mol. The van der Waals surface area contributed by atoms with Gasteiger partial charge in [-0.2, -0.15) is 0 Å². The van der Waals surface area contributed by atoms with Crippen molar-refractivity contribution in [1.82, 2.24) is 4.98 Å². The molecule has 4 rings (SSSR count). The number of aryl methyl sites for hydroxylation is 1. The van der Waals surface area contributed by atoms with Crippen LogP contribution in [0.1, 0.15) is 28.3 Å². The second kappa shape index (κ2) is 7.96. The van der Waals surface area contributed by atoms with Crippen LogP contribution in [0.4, 0.5) is 10.1 Å². The van der Waals surface area contributed by atoms with Crippen LogP contribution in [-0.4, -0.2) is 21.8 Å². The second-order valence-corrected chi connectivity index (χ2v) is 7.71. The molecular formula is C24H18ClFN2O3. The molecule has 0 saturated carbocycles. The lowest BCUT2D eigenvalue weighted by atomic mass is 9.95. The van der Waals surface area contributed by atoms with Crippen LogP contribution >= 0.6 is 11.6 Å². The molecule has 0 aliphatic carbocycles. The van der Waals surface area contributed by atoms with Gasteiger partial charge in [0.2, 0.25) is 0 Å². The molecule has 2 heterocycles. The van der Waals surface area contributed by atoms with E-state index < -0.39 is 23.5 Å². The van der Waals surface area contributed by atoms with Crippen molar-refractivity contribution < 1.29 is 19.1 Å². The normalized spacial score (nSPS) is 17.9. The third-order valence-electron chi connectivity index (χ3n) is 5.37. The molecule has 156 valence electrons. The van der Waals surface area contributed by atoms with Gasteiger partial charge in [0.25, 0.3) is 11.7 Å². The van der Waals surface area contributed by atoms with Crippen molar-refractivity contribution in [3.05, 3.63) is 99.6 Å². The minimum absolute atomic E-state index is 0.0941. The summed E-state index contributed by atoms with van der Waals surface area (Å²) in [4.78, 5) is 31.7. The summed E-state index contributed by atoms with van der Waals surface area (Å²) < 4.78 is 13.7. The molecule has 2 aromatic carbocycles. The molecule has 1 amide bonds. The summed E-state index contributed by atoms with van der Waals surface area (Å²) in [5.41, 5.74) is 2.08. The molecule has 31 heavy (non-hydrogen) atoms. The largest absolute Gasteiger partial charge is 0.507 e. The average Bonchev–Trinajstić information content (AvgIpc) is 3.03. The Morgan fingerprint density at radius 2 is 1.90 bits per heavy atom. The van der Waals surface area contributed by atoms with E-state index in [-0.39, 0.29) is 16.9 Å². The highest BCUT2D eigenvalue weighted by Crippen LogP contribution is 2.43. The Hall–Kier alpha value is -3.51. The van der Waals surface area contributed by atoms with Crippen molar-refractivity contribution in [3.8, 4) is 0 Å². The SMILES string of the molecule is Cc1cc(/C(O)=C2\C(=O)C(=O)N(c3cccc(Cl)c3C)C2c2cccnc2)ccc1F. The highest BCUT2D eigenvalue weighted by Gasteiger charge is 2.47. The van der Waals surface area contributed by atoms with Gasteiger partial charge >= 0.3 is 0 Å². The summed E-state index contributed by atoms with van der Waals surface area (Å²) in [5.74, 6) is -2.44. The number of carbonyl (C=O) groups is 2. The van der Waals surface area contributed by atoms with Crippen LogP contribution in [0.5, 0.6) is 0 Å². The standard InChI is InChI=1S/C24H18ClFN2O3/c1-13-11-15(8-9-18(13)26)22(29)20-21(16-5-4-10-27-12-16)28(24(31)23(20)30)19-7-3-6-17(25)14(19)2/h3-12,21,29H,1-2H3/b22-20+. The van der Waals surface area contributed by atoms with E-state index in [4.69, 9.17) is 11.6 Å². The molecule has 1 atom stereocenters. The molecule has 1 aliphatic heterocycles. The van der Waals surface area contributed by atoms with Crippen molar-refractivity contribution >= 4 is 34.7 Å². The van der Waals surface area contributed by atoms with Gasteiger partial charge in [0.15, 0.2) is 0 Å². The van der Waals surface area contributed by atoms with Crippen molar-refractivity contribution in [2.45, 2.75) is 19.9 Å². The number of hydrogen-bond donors (Lipinski definition) is 1. The number of amides is 1. The number of pyridine rings is 1. The molecule has 0 bridgehead atoms. The van der Waals surface area contributed by atoms with Crippen LogP contribution in [0.15, 0.2) is 66.5 Å². The maximum Gasteiger partial charge on any atom is 0.300 e. The molecule has 1 N–H and O–H groups in total. The fourth-order valence-electron chi connectivity index (χ4n) is 3.74. The summed E-state index contributed by atoms with van der Waals surface area (Å²) in [7, 11) is 0. The van der Waals surface area contributed by atoms with Crippen LogP contribution in [-0.2, 0) is 9.59 Å². The second-order valence-electron chi connectivity index (χ2n) is 7.30. The van der Waals surface area contributed by atoms with E-state index in [2.05, 4.69) is 4.98 Å². The number of aliphatic hydroxyl groups excluding tert-OH is 1. The van der Waals surface area contributed by atoms with Gasteiger partial charge in [-0.25, -0.2) is 4.39 Å². The number of nitrogens with zero attached hydrogens (tertiary/aromatic N) is 2. The molecule has 7 heteroatoms. The Kier molecular flexibility index (Phi) is 5.33. The van der Waals surface area contributed by atoms with Gasteiger partial charge < -0.3 is 5.11 Å². The lowest BCUT2D eigenvalue weighted by Gasteiger charge is -2.26. The number of rotatable bonds is 3. The quantitative estimate of drug-likeness (QED) is 0.351. The molecule has 3 aromatic rings. The monoisotopic (exact) mass is 436 g/mol. The number of ketones is 1. The molecule has 0 spiro atoms. The zero-order valence-electron chi connectivity index (χ0n) is 16.8. The van der Waals surface area contributed by atoms with E-state index in [1.807, 2.05) is 0 Å². The maximum absolute atomic E-state index is 13.7. The first-order valence-electron chi connectivity index (χ1n) is 9.54. The van der Waals surface area contributed by atoms with Crippen molar-refractivity contribution in [2.24, 2.45) is 0 Å². The number of aliphatic hydroxyl groups is 1. The van der Waals surface area contributed by atoms with Crippen LogP contribution in [0.2, 0.25) is 5.02 Å². The van der Waals surface area contributed by atoms with Gasteiger partial charge in [0.05, 0.1) is 11.6 Å². The molecular weight excluding hydrogens is 419 g/mol. The number of halogens is 2. The Labute approximate surface area is 183 Å². The Morgan fingerprint density at radius 3 is 2.58 bits per heavy atom. The topological polar surface area (TPSA) is 70.5 Å². The lowest BCUT2D eigenvalue weighted by molar-refractivity contribution is -0.132. The zero-order chi connectivity index (χ0) is 22.3. The Balaban J connectivity index is 1.98. The first kappa shape index (κ1) is 20.8. The van der Waals surface area contributed by atoms with Gasteiger partial charge in [0, 0.05) is 28.7 Å². The average molecular weight is 437 g/mol. The van der Waals surface area contributed by atoms with E-state index in [9.17, 15) is 19.1 Å². The van der Waals surface area contributed by atoms with Gasteiger partial charge in [-0.3, -0.25) is 19.5 Å². The van der Waals surface area contributed by atoms with Gasteiger partial charge in [0.1, 0.15) is 11.6 Å². The van der Waals surface area contributed by atoms with Crippen molar-refractivity contribution in [2.75, 3.05) is 4.90 Å². The molecule has 5 nitrogen and oxygen atoms in total. The van der Waals surface area contributed by atoms with Gasteiger partial charge in [-0.05, 0) is 66.9 Å². The van der Waals surface area contributed by atoms with E-state index in [0.29, 0.717) is 27.4 Å². The number of hydrogen-bond acceptors (Lipinski definition) is 4. The highest BCUT2D eigenvalue weighted by atomic mass is 35.5. The third kappa shape index (κ3) is 3.49. The molecule has 1 unspecified atom stereocenters. The molecule has 0 radical (unpaired) electrons. The summed E-state index contributed by atoms with van der Waals surface area (Å²) >= 11 is 6.26. The summed E-state index contributed by atoms with van der Waals surface area (Å²) in [5, 5.41) is 11.5. The highest BCUT2D eigenvalue weighted by molar-refractivity contribution is 6.52. The van der Waals surface area contributed by atoms with Crippen LogP contribution in [0.25, 0.3) is 5.76 Å². The number of Topliss-reactive ketones (excluding diaryl/α,β-unsaturated/α-hetero) is 1. The minimum atomic E-state index is -0.920. The summed E-state index contributed by atoms with van der Waals surface area (Å²) in [6.07, 6.45) is 3.11. The van der Waals surface area contributed by atoms with E-state index in [1.54, 1.807) is 50.4 Å². The number of benzene rings is 2. The lowest BCUT2D eigenvalue weighted by Crippen LogP contribution is -2.30. The number of aromatic nitrogens is 1.